The fraction of sp³-hybridized carbons (Fsp3) is 0.500. The van der Waals surface area contributed by atoms with Crippen molar-refractivity contribution in [1.29, 1.82) is 0 Å². The summed E-state index contributed by atoms with van der Waals surface area (Å²) >= 11 is 1.49. The summed E-state index contributed by atoms with van der Waals surface area (Å²) in [4.78, 5) is 22.8. The maximum Gasteiger partial charge on any atom is 0.305 e. The van der Waals surface area contributed by atoms with Gasteiger partial charge in [-0.25, -0.2) is 4.39 Å². The van der Waals surface area contributed by atoms with Crippen LogP contribution in [0.5, 0.6) is 0 Å². The van der Waals surface area contributed by atoms with Gasteiger partial charge in [-0.1, -0.05) is 12.1 Å². The maximum absolute atomic E-state index is 12.8. The van der Waals surface area contributed by atoms with Gasteiger partial charge in [0.2, 0.25) is 5.91 Å². The van der Waals surface area contributed by atoms with E-state index in [2.05, 4.69) is 5.32 Å². The lowest BCUT2D eigenvalue weighted by atomic mass is 10.2. The van der Waals surface area contributed by atoms with Crippen molar-refractivity contribution in [3.8, 4) is 0 Å². The average molecular weight is 327 g/mol. The van der Waals surface area contributed by atoms with Gasteiger partial charge in [0.05, 0.1) is 12.4 Å². The number of nitrogens with one attached hydrogen (secondary N) is 1. The Morgan fingerprint density at radius 3 is 2.64 bits per heavy atom. The van der Waals surface area contributed by atoms with Crippen molar-refractivity contribution in [3.63, 3.8) is 0 Å². The molecule has 0 spiro atoms. The van der Waals surface area contributed by atoms with Gasteiger partial charge in [0.25, 0.3) is 0 Å². The van der Waals surface area contributed by atoms with Gasteiger partial charge in [0.1, 0.15) is 5.82 Å². The van der Waals surface area contributed by atoms with Gasteiger partial charge in [-0.05, 0) is 38.0 Å². The molecule has 0 heterocycles. The number of ether oxygens (including phenoxy) is 1. The van der Waals surface area contributed by atoms with Crippen LogP contribution in [0.1, 0.15) is 37.5 Å². The number of benzene rings is 1. The van der Waals surface area contributed by atoms with Gasteiger partial charge < -0.3 is 10.1 Å². The molecule has 0 aliphatic carbocycles. The van der Waals surface area contributed by atoms with Crippen LogP contribution in [-0.4, -0.2) is 30.8 Å². The molecule has 0 radical (unpaired) electrons. The molecular weight excluding hydrogens is 305 g/mol. The molecule has 4 nitrogen and oxygen atoms in total. The van der Waals surface area contributed by atoms with E-state index in [0.29, 0.717) is 31.7 Å². The molecule has 1 N–H and O–H groups in total. The second kappa shape index (κ2) is 10.2. The highest BCUT2D eigenvalue weighted by atomic mass is 32.2. The second-order valence-corrected chi connectivity index (χ2v) is 6.09. The van der Waals surface area contributed by atoms with E-state index >= 15 is 0 Å². The minimum absolute atomic E-state index is 0.0668. The highest BCUT2D eigenvalue weighted by molar-refractivity contribution is 8.00. The number of halogens is 1. The van der Waals surface area contributed by atoms with Crippen molar-refractivity contribution in [3.05, 3.63) is 35.6 Å². The first-order chi connectivity index (χ1) is 10.5. The largest absolute Gasteiger partial charge is 0.466 e. The molecule has 6 heteroatoms. The zero-order valence-electron chi connectivity index (χ0n) is 12.9. The fourth-order valence-corrected chi connectivity index (χ4v) is 2.63. The van der Waals surface area contributed by atoms with Crippen LogP contribution in [0, 0.1) is 5.82 Å². The third-order valence-electron chi connectivity index (χ3n) is 2.99. The third kappa shape index (κ3) is 7.45. The molecule has 0 saturated carbocycles. The Labute approximate surface area is 134 Å². The number of carbonyl (C=O) groups excluding carboxylic acids is 2. The molecule has 1 aromatic rings. The van der Waals surface area contributed by atoms with E-state index in [1.165, 1.54) is 23.9 Å². The van der Waals surface area contributed by atoms with Crippen LogP contribution in [0.3, 0.4) is 0 Å². The van der Waals surface area contributed by atoms with Crippen molar-refractivity contribution in [2.75, 3.05) is 18.9 Å². The normalized spacial score (nSPS) is 11.8. The van der Waals surface area contributed by atoms with Gasteiger partial charge in [0.15, 0.2) is 0 Å². The summed E-state index contributed by atoms with van der Waals surface area (Å²) in [6.07, 6.45) is 0.885. The predicted octanol–water partition coefficient (Wildman–Crippen LogP) is 3.08. The van der Waals surface area contributed by atoms with Crippen LogP contribution < -0.4 is 5.32 Å². The first-order valence-electron chi connectivity index (χ1n) is 7.32. The number of hydrogen-bond acceptors (Lipinski definition) is 4. The quantitative estimate of drug-likeness (QED) is 0.559. The zero-order chi connectivity index (χ0) is 16.4. The lowest BCUT2D eigenvalue weighted by Crippen LogP contribution is -2.26. The molecule has 1 amide bonds. The Bertz CT molecular complexity index is 479. The first-order valence-corrected chi connectivity index (χ1v) is 8.37. The topological polar surface area (TPSA) is 55.4 Å². The van der Waals surface area contributed by atoms with E-state index in [1.54, 1.807) is 19.1 Å². The average Bonchev–Trinajstić information content (AvgIpc) is 2.50. The second-order valence-electron chi connectivity index (χ2n) is 4.76. The van der Waals surface area contributed by atoms with Crippen LogP contribution in [0.2, 0.25) is 0 Å². The van der Waals surface area contributed by atoms with Crippen molar-refractivity contribution in [2.45, 2.75) is 31.9 Å². The van der Waals surface area contributed by atoms with Crippen LogP contribution in [0.15, 0.2) is 24.3 Å². The van der Waals surface area contributed by atoms with Gasteiger partial charge in [0, 0.05) is 18.2 Å². The van der Waals surface area contributed by atoms with Crippen LogP contribution in [0.25, 0.3) is 0 Å². The molecule has 0 aliphatic heterocycles. The molecular formula is C16H22FNO3S. The SMILES string of the molecule is CCOC(=O)CCCNC(=O)CSC(C)c1ccc(F)cc1. The van der Waals surface area contributed by atoms with Crippen LogP contribution in [-0.2, 0) is 14.3 Å². The van der Waals surface area contributed by atoms with Crippen molar-refractivity contribution >= 4 is 23.6 Å². The Kier molecular flexibility index (Phi) is 8.58. The Morgan fingerprint density at radius 1 is 1.32 bits per heavy atom. The molecule has 0 saturated heterocycles. The van der Waals surface area contributed by atoms with Gasteiger partial charge in [-0.15, -0.1) is 11.8 Å². The van der Waals surface area contributed by atoms with Gasteiger partial charge in [-0.2, -0.15) is 0 Å². The molecule has 1 rings (SSSR count). The summed E-state index contributed by atoms with van der Waals surface area (Å²) < 4.78 is 17.6. The van der Waals surface area contributed by atoms with Crippen LogP contribution >= 0.6 is 11.8 Å². The van der Waals surface area contributed by atoms with E-state index in [-0.39, 0.29) is 22.9 Å². The molecule has 122 valence electrons. The number of thioether (sulfide) groups is 1. The minimum Gasteiger partial charge on any atom is -0.466 e. The third-order valence-corrected chi connectivity index (χ3v) is 4.19. The highest BCUT2D eigenvalue weighted by Gasteiger charge is 2.09. The summed E-state index contributed by atoms with van der Waals surface area (Å²) in [7, 11) is 0. The summed E-state index contributed by atoms with van der Waals surface area (Å²) in [5.74, 6) is -0.239. The maximum atomic E-state index is 12.8. The lowest BCUT2D eigenvalue weighted by molar-refractivity contribution is -0.143. The predicted molar refractivity (Wildman–Crippen MR) is 86.1 cm³/mol. The number of amides is 1. The smallest absolute Gasteiger partial charge is 0.305 e. The van der Waals surface area contributed by atoms with E-state index < -0.39 is 0 Å². The number of esters is 1. The van der Waals surface area contributed by atoms with Crippen molar-refractivity contribution in [2.24, 2.45) is 0 Å². The Morgan fingerprint density at radius 2 is 2.00 bits per heavy atom. The molecule has 22 heavy (non-hydrogen) atoms. The molecule has 0 aromatic heterocycles. The summed E-state index contributed by atoms with van der Waals surface area (Å²) in [5.41, 5.74) is 0.988. The van der Waals surface area contributed by atoms with E-state index in [1.807, 2.05) is 6.92 Å². The monoisotopic (exact) mass is 327 g/mol. The van der Waals surface area contributed by atoms with E-state index in [0.717, 1.165) is 5.56 Å². The Balaban J connectivity index is 2.17. The molecule has 0 fully saturated rings. The molecule has 1 unspecified atom stereocenters. The van der Waals surface area contributed by atoms with Crippen molar-refractivity contribution in [1.82, 2.24) is 5.32 Å². The lowest BCUT2D eigenvalue weighted by Gasteiger charge is -2.11. The van der Waals surface area contributed by atoms with E-state index in [9.17, 15) is 14.0 Å². The van der Waals surface area contributed by atoms with Gasteiger partial charge in [-0.3, -0.25) is 9.59 Å². The fourth-order valence-electron chi connectivity index (χ4n) is 1.78. The van der Waals surface area contributed by atoms with Gasteiger partial charge >= 0.3 is 5.97 Å². The van der Waals surface area contributed by atoms with Crippen LogP contribution in [0.4, 0.5) is 4.39 Å². The number of hydrogen-bond donors (Lipinski definition) is 1. The highest BCUT2D eigenvalue weighted by Crippen LogP contribution is 2.27. The summed E-state index contributed by atoms with van der Waals surface area (Å²) in [5, 5.41) is 2.89. The minimum atomic E-state index is -0.264. The first kappa shape index (κ1) is 18.5. The van der Waals surface area contributed by atoms with Crippen molar-refractivity contribution < 1.29 is 18.7 Å². The molecule has 1 atom stereocenters. The molecule has 0 aliphatic rings. The zero-order valence-corrected chi connectivity index (χ0v) is 13.7. The molecule has 0 bridgehead atoms. The standard InChI is InChI=1S/C16H22FNO3S/c1-3-21-16(20)5-4-10-18-15(19)11-22-12(2)13-6-8-14(17)9-7-13/h6-9,12H,3-5,10-11H2,1-2H3,(H,18,19). The molecule has 1 aromatic carbocycles. The summed E-state index contributed by atoms with van der Waals surface area (Å²) in [6.45, 7) is 4.58. The Hall–Kier alpha value is -1.56. The van der Waals surface area contributed by atoms with E-state index in [4.69, 9.17) is 4.74 Å². The number of carbonyl (C=O) groups is 2. The number of rotatable bonds is 9. The summed E-state index contributed by atoms with van der Waals surface area (Å²) in [6, 6.07) is 6.29.